The van der Waals surface area contributed by atoms with Crippen molar-refractivity contribution in [3.05, 3.63) is 59.2 Å². The zero-order valence-corrected chi connectivity index (χ0v) is 20.3. The van der Waals surface area contributed by atoms with Crippen molar-refractivity contribution in [2.24, 2.45) is 11.3 Å². The van der Waals surface area contributed by atoms with Crippen LogP contribution >= 0.6 is 11.6 Å². The molecule has 176 valence electrons. The summed E-state index contributed by atoms with van der Waals surface area (Å²) in [6, 6.07) is 12.0. The van der Waals surface area contributed by atoms with Crippen molar-refractivity contribution in [3.63, 3.8) is 0 Å². The summed E-state index contributed by atoms with van der Waals surface area (Å²) in [4.78, 5) is 14.9. The number of hydrogen-bond acceptors (Lipinski definition) is 4. The molecule has 9 heteroatoms. The molecule has 2 amide bonds. The van der Waals surface area contributed by atoms with Crippen LogP contribution in [-0.2, 0) is 9.71 Å². The minimum Gasteiger partial charge on any atom is -0.388 e. The highest BCUT2D eigenvalue weighted by Crippen LogP contribution is 2.46. The summed E-state index contributed by atoms with van der Waals surface area (Å²) in [5.74, 6) is 3.90. The van der Waals surface area contributed by atoms with Gasteiger partial charge < -0.3 is 10.0 Å². The molecule has 3 N–H and O–H groups in total. The zero-order valence-electron chi connectivity index (χ0n) is 18.8. The van der Waals surface area contributed by atoms with E-state index in [0.717, 1.165) is 16.5 Å². The molecule has 1 aromatic heterocycles. The van der Waals surface area contributed by atoms with Gasteiger partial charge in [0.05, 0.1) is 27.5 Å². The third kappa shape index (κ3) is 4.74. The first-order valence-electron chi connectivity index (χ1n) is 10.9. The number of benzene rings is 2. The van der Waals surface area contributed by atoms with E-state index >= 15 is 0 Å². The average Bonchev–Trinajstić information content (AvgIpc) is 3.27. The lowest BCUT2D eigenvalue weighted by Gasteiger charge is -2.43. The molecule has 2 aromatic carbocycles. The van der Waals surface area contributed by atoms with E-state index in [4.69, 9.17) is 11.6 Å². The summed E-state index contributed by atoms with van der Waals surface area (Å²) in [6.07, 6.45) is 2.36. The Morgan fingerprint density at radius 3 is 2.64 bits per heavy atom. The molecular formula is C24H29ClN4O3S. The lowest BCUT2D eigenvalue weighted by molar-refractivity contribution is -0.0141. The molecule has 2 atom stereocenters. The largest absolute Gasteiger partial charge is 0.388 e. The van der Waals surface area contributed by atoms with E-state index in [1.165, 1.54) is 0 Å². The van der Waals surface area contributed by atoms with Crippen molar-refractivity contribution in [1.82, 2.24) is 19.8 Å². The minimum atomic E-state index is -2.92. The van der Waals surface area contributed by atoms with Crippen LogP contribution in [0.25, 0.3) is 10.9 Å². The molecule has 4 rings (SSSR count). The first kappa shape index (κ1) is 23.6. The number of carbonyl (C=O) groups excluding carboxylic acids is 1. The summed E-state index contributed by atoms with van der Waals surface area (Å²) < 4.78 is 15.5. The van der Waals surface area contributed by atoms with Crippen molar-refractivity contribution in [2.75, 3.05) is 13.1 Å². The molecule has 1 aliphatic rings. The number of carbonyl (C=O) groups is 1. The molecule has 1 saturated heterocycles. The Balaban J connectivity index is 1.43. The molecule has 1 fully saturated rings. The molecule has 0 saturated carbocycles. The van der Waals surface area contributed by atoms with Crippen LogP contribution in [0.3, 0.4) is 0 Å². The number of amides is 2. The highest BCUT2D eigenvalue weighted by molar-refractivity contribution is 7.99. The average molecular weight is 489 g/mol. The van der Waals surface area contributed by atoms with Gasteiger partial charge >= 0.3 is 6.03 Å². The molecule has 2 unspecified atom stereocenters. The Kier molecular flexibility index (Phi) is 6.44. The van der Waals surface area contributed by atoms with Gasteiger partial charge in [-0.15, -0.1) is 0 Å². The molecule has 3 aromatic rings. The zero-order chi connectivity index (χ0) is 23.8. The fourth-order valence-corrected chi connectivity index (χ4v) is 5.98. The second kappa shape index (κ2) is 9.00. The number of fused-ring (bicyclic) bond motifs is 1. The van der Waals surface area contributed by atoms with Gasteiger partial charge in [-0.2, -0.15) is 5.10 Å². The van der Waals surface area contributed by atoms with Gasteiger partial charge in [-0.25, -0.2) is 9.00 Å². The predicted molar refractivity (Wildman–Crippen MR) is 133 cm³/mol. The molecule has 1 aliphatic heterocycles. The van der Waals surface area contributed by atoms with Gasteiger partial charge in [0.25, 0.3) is 0 Å². The molecule has 0 bridgehead atoms. The van der Waals surface area contributed by atoms with Gasteiger partial charge in [-0.3, -0.25) is 9.82 Å². The quantitative estimate of drug-likeness (QED) is 0.464. The monoisotopic (exact) mass is 488 g/mol. The lowest BCUT2D eigenvalue weighted by Crippen LogP contribution is -2.48. The van der Waals surface area contributed by atoms with Crippen LogP contribution in [0.2, 0.25) is 5.02 Å². The van der Waals surface area contributed by atoms with Crippen LogP contribution in [0, 0.1) is 11.3 Å². The van der Waals surface area contributed by atoms with E-state index in [0.29, 0.717) is 35.8 Å². The third-order valence-corrected chi connectivity index (χ3v) is 8.51. The summed E-state index contributed by atoms with van der Waals surface area (Å²) >= 11 is 6.28. The Hall–Kier alpha value is -2.55. The van der Waals surface area contributed by atoms with Crippen LogP contribution in [0.4, 0.5) is 4.79 Å². The summed E-state index contributed by atoms with van der Waals surface area (Å²) in [5, 5.41) is 19.8. The van der Waals surface area contributed by atoms with Crippen molar-refractivity contribution in [3.8, 4) is 0 Å². The van der Waals surface area contributed by atoms with Gasteiger partial charge in [0.2, 0.25) is 0 Å². The van der Waals surface area contributed by atoms with E-state index in [9.17, 15) is 14.1 Å². The van der Waals surface area contributed by atoms with E-state index in [2.05, 4.69) is 20.8 Å². The Labute approximate surface area is 199 Å². The van der Waals surface area contributed by atoms with Crippen LogP contribution in [0.1, 0.15) is 38.4 Å². The molecule has 33 heavy (non-hydrogen) atoms. The van der Waals surface area contributed by atoms with E-state index in [-0.39, 0.29) is 11.9 Å². The number of nitrogens with one attached hydrogen (secondary N) is 2. The Bertz CT molecular complexity index is 1250. The summed E-state index contributed by atoms with van der Waals surface area (Å²) in [5.41, 5.74) is 1.04. The smallest absolute Gasteiger partial charge is 0.329 e. The van der Waals surface area contributed by atoms with Crippen molar-refractivity contribution in [2.45, 2.75) is 37.7 Å². The number of aromatic amines is 1. The maximum Gasteiger partial charge on any atom is 0.329 e. The van der Waals surface area contributed by atoms with Crippen LogP contribution in [0.5, 0.6) is 0 Å². The van der Waals surface area contributed by atoms with Crippen LogP contribution in [-0.4, -0.2) is 49.4 Å². The molecular weight excluding hydrogens is 460 g/mol. The number of aliphatic hydroxyl groups is 1. The number of nitrogens with zero attached hydrogens (tertiary/aromatic N) is 2. The maximum absolute atomic E-state index is 12.9. The van der Waals surface area contributed by atoms with Gasteiger partial charge in [0.15, 0.2) is 0 Å². The highest BCUT2D eigenvalue weighted by atomic mass is 35.5. The van der Waals surface area contributed by atoms with Gasteiger partial charge in [0, 0.05) is 34.0 Å². The van der Waals surface area contributed by atoms with E-state index in [1.54, 1.807) is 41.4 Å². The third-order valence-electron chi connectivity index (χ3n) is 6.75. The van der Waals surface area contributed by atoms with Gasteiger partial charge in [-0.05, 0) is 54.3 Å². The second-order valence-corrected chi connectivity index (χ2v) is 11.7. The minimum absolute atomic E-state index is 0.173. The SMILES string of the molecule is C=S(=O)(NC(=O)N1CCC(C(C)(C)C(O)c2cc(Cl)cc3cn[nH]c23)CC1)c1ccccc1. The predicted octanol–water partition coefficient (Wildman–Crippen LogP) is 4.39. The number of hydrogen-bond donors (Lipinski definition) is 3. The van der Waals surface area contributed by atoms with Crippen molar-refractivity contribution in [1.29, 1.82) is 0 Å². The molecule has 0 aliphatic carbocycles. The fraction of sp³-hybridized carbons (Fsp3) is 0.375. The van der Waals surface area contributed by atoms with Crippen molar-refractivity contribution < 1.29 is 14.1 Å². The Morgan fingerprint density at radius 1 is 1.30 bits per heavy atom. The van der Waals surface area contributed by atoms with Crippen LogP contribution in [0.15, 0.2) is 53.6 Å². The Morgan fingerprint density at radius 2 is 1.97 bits per heavy atom. The first-order chi connectivity index (χ1) is 15.6. The topological polar surface area (TPSA) is 98.3 Å². The highest BCUT2D eigenvalue weighted by Gasteiger charge is 2.40. The first-order valence-corrected chi connectivity index (χ1v) is 13.0. The number of aliphatic hydroxyl groups excluding tert-OH is 1. The second-order valence-electron chi connectivity index (χ2n) is 9.21. The number of urea groups is 1. The standard InChI is InChI=1S/C24H29ClN4O3S/c1-24(2,22(30)20-14-18(25)13-16-15-26-27-21(16)20)17-9-11-29(12-10-17)23(31)28-33(3,32)19-7-5-4-6-8-19/h4-8,13-15,17,22,30H,3,9-12H2,1-2H3,(H,26,27)(H,28,31,32). The van der Waals surface area contributed by atoms with Crippen LogP contribution < -0.4 is 4.72 Å². The number of H-pyrrole nitrogens is 1. The van der Waals surface area contributed by atoms with Gasteiger partial charge in [0.1, 0.15) is 0 Å². The van der Waals surface area contributed by atoms with Crippen molar-refractivity contribution >= 4 is 44.1 Å². The number of piperidine rings is 1. The normalized spacial score (nSPS) is 18.1. The molecule has 7 nitrogen and oxygen atoms in total. The maximum atomic E-state index is 12.9. The summed E-state index contributed by atoms with van der Waals surface area (Å²) in [7, 11) is -2.92. The van der Waals surface area contributed by atoms with E-state index in [1.807, 2.05) is 26.0 Å². The fourth-order valence-electron chi connectivity index (χ4n) is 4.62. The molecule has 0 radical (unpaired) electrons. The molecule has 2 heterocycles. The number of likely N-dealkylation sites (tertiary alicyclic amines) is 1. The number of rotatable bonds is 5. The lowest BCUT2D eigenvalue weighted by atomic mass is 9.68. The molecule has 0 spiro atoms. The van der Waals surface area contributed by atoms with Gasteiger partial charge in [-0.1, -0.05) is 43.6 Å². The number of aromatic nitrogens is 2. The van der Waals surface area contributed by atoms with E-state index < -0.39 is 21.2 Å². The number of halogens is 1. The summed E-state index contributed by atoms with van der Waals surface area (Å²) in [6.45, 7) is 5.09.